The van der Waals surface area contributed by atoms with Crippen LogP contribution < -0.4 is 0 Å². The van der Waals surface area contributed by atoms with Gasteiger partial charge in [0.25, 0.3) is 5.24 Å². The standard InChI is InChI=1S/C15H9Cl3O/c16-12-5-1-10(2-6-12)9-14(15(18)19)11-3-7-13(17)8-4-11/h1-9H/b14-9-. The van der Waals surface area contributed by atoms with Crippen molar-refractivity contribution in [2.45, 2.75) is 0 Å². The zero-order valence-corrected chi connectivity index (χ0v) is 12.0. The summed E-state index contributed by atoms with van der Waals surface area (Å²) in [5, 5.41) is 0.733. The van der Waals surface area contributed by atoms with Crippen LogP contribution in [-0.4, -0.2) is 5.24 Å². The number of allylic oxidation sites excluding steroid dienone is 1. The highest BCUT2D eigenvalue weighted by molar-refractivity contribution is 6.75. The number of rotatable bonds is 3. The van der Waals surface area contributed by atoms with Crippen molar-refractivity contribution in [3.63, 3.8) is 0 Å². The van der Waals surface area contributed by atoms with E-state index in [4.69, 9.17) is 34.8 Å². The van der Waals surface area contributed by atoms with Crippen molar-refractivity contribution < 1.29 is 4.79 Å². The predicted octanol–water partition coefficient (Wildman–Crippen LogP) is 5.30. The van der Waals surface area contributed by atoms with Crippen molar-refractivity contribution in [3.05, 3.63) is 69.7 Å². The summed E-state index contributed by atoms with van der Waals surface area (Å²) in [6.07, 6.45) is 1.72. The van der Waals surface area contributed by atoms with Crippen LogP contribution in [0.3, 0.4) is 0 Å². The molecule has 0 aromatic heterocycles. The van der Waals surface area contributed by atoms with Crippen LogP contribution in [0.2, 0.25) is 10.0 Å². The van der Waals surface area contributed by atoms with Gasteiger partial charge >= 0.3 is 0 Å². The molecule has 0 saturated heterocycles. The molecule has 0 radical (unpaired) electrons. The number of hydrogen-bond donors (Lipinski definition) is 0. The van der Waals surface area contributed by atoms with Crippen molar-refractivity contribution in [2.24, 2.45) is 0 Å². The van der Waals surface area contributed by atoms with Gasteiger partial charge in [0.1, 0.15) is 0 Å². The zero-order valence-electron chi connectivity index (χ0n) is 9.74. The number of hydrogen-bond acceptors (Lipinski definition) is 1. The minimum Gasteiger partial charge on any atom is -0.276 e. The fourth-order valence-electron chi connectivity index (χ4n) is 1.61. The maximum absolute atomic E-state index is 11.5. The summed E-state index contributed by atoms with van der Waals surface area (Å²) in [6.45, 7) is 0. The molecule has 0 unspecified atom stereocenters. The molecule has 1 nitrogen and oxygen atoms in total. The Morgan fingerprint density at radius 1 is 0.842 bits per heavy atom. The van der Waals surface area contributed by atoms with E-state index in [-0.39, 0.29) is 0 Å². The van der Waals surface area contributed by atoms with Crippen LogP contribution in [0.1, 0.15) is 11.1 Å². The van der Waals surface area contributed by atoms with Gasteiger partial charge in [-0.15, -0.1) is 0 Å². The first kappa shape index (κ1) is 14.1. The SMILES string of the molecule is O=C(Cl)/C(=C\c1ccc(Cl)cc1)c1ccc(Cl)cc1. The molecule has 2 aromatic carbocycles. The molecular formula is C15H9Cl3O. The van der Waals surface area contributed by atoms with Crippen LogP contribution in [0, 0.1) is 0 Å². The summed E-state index contributed by atoms with van der Waals surface area (Å²) in [5.74, 6) is 0. The third kappa shape index (κ3) is 3.84. The molecule has 0 heterocycles. The van der Waals surface area contributed by atoms with Gasteiger partial charge in [-0.25, -0.2) is 0 Å². The van der Waals surface area contributed by atoms with E-state index in [0.29, 0.717) is 15.6 Å². The lowest BCUT2D eigenvalue weighted by molar-refractivity contribution is -0.106. The van der Waals surface area contributed by atoms with Gasteiger partial charge in [0.15, 0.2) is 0 Å². The molecule has 19 heavy (non-hydrogen) atoms. The Hall–Kier alpha value is -1.28. The van der Waals surface area contributed by atoms with Crippen molar-refractivity contribution in [1.29, 1.82) is 0 Å². The van der Waals surface area contributed by atoms with E-state index in [1.54, 1.807) is 42.5 Å². The molecule has 0 spiro atoms. The average molecular weight is 312 g/mol. The van der Waals surface area contributed by atoms with E-state index in [1.807, 2.05) is 12.1 Å². The third-order valence-electron chi connectivity index (χ3n) is 2.55. The van der Waals surface area contributed by atoms with E-state index < -0.39 is 5.24 Å². The molecule has 0 amide bonds. The second-order valence-electron chi connectivity index (χ2n) is 3.89. The molecule has 2 aromatic rings. The highest BCUT2D eigenvalue weighted by Gasteiger charge is 2.09. The molecule has 2 rings (SSSR count). The lowest BCUT2D eigenvalue weighted by Gasteiger charge is -2.03. The second-order valence-corrected chi connectivity index (χ2v) is 5.11. The molecule has 0 atom stereocenters. The van der Waals surface area contributed by atoms with Gasteiger partial charge in [-0.05, 0) is 53.1 Å². The maximum atomic E-state index is 11.5. The summed E-state index contributed by atoms with van der Waals surface area (Å²) >= 11 is 17.3. The first-order chi connectivity index (χ1) is 9.06. The van der Waals surface area contributed by atoms with E-state index in [0.717, 1.165) is 11.1 Å². The monoisotopic (exact) mass is 310 g/mol. The van der Waals surface area contributed by atoms with Gasteiger partial charge in [0, 0.05) is 15.6 Å². The maximum Gasteiger partial charge on any atom is 0.253 e. The normalized spacial score (nSPS) is 11.4. The molecule has 0 fully saturated rings. The van der Waals surface area contributed by atoms with Gasteiger partial charge in [0.05, 0.1) is 0 Å². The van der Waals surface area contributed by atoms with Crippen LogP contribution in [0.15, 0.2) is 48.5 Å². The Labute approximate surface area is 126 Å². The average Bonchev–Trinajstić information content (AvgIpc) is 2.39. The van der Waals surface area contributed by atoms with Gasteiger partial charge in [-0.3, -0.25) is 4.79 Å². The van der Waals surface area contributed by atoms with Crippen LogP contribution in [0.5, 0.6) is 0 Å². The second kappa shape index (κ2) is 6.25. The number of halogens is 3. The van der Waals surface area contributed by atoms with Gasteiger partial charge in [0.2, 0.25) is 0 Å². The van der Waals surface area contributed by atoms with Gasteiger partial charge in [-0.1, -0.05) is 47.5 Å². The van der Waals surface area contributed by atoms with Crippen molar-refractivity contribution in [3.8, 4) is 0 Å². The summed E-state index contributed by atoms with van der Waals surface area (Å²) in [5.41, 5.74) is 1.99. The predicted molar refractivity (Wildman–Crippen MR) is 81.6 cm³/mol. The third-order valence-corrected chi connectivity index (χ3v) is 3.26. The summed E-state index contributed by atoms with van der Waals surface area (Å²) in [6, 6.07) is 14.1. The Balaban J connectivity index is 2.43. The van der Waals surface area contributed by atoms with Crippen LogP contribution in [0.4, 0.5) is 0 Å². The number of carbonyl (C=O) groups is 1. The minimum atomic E-state index is -0.516. The Kier molecular flexibility index (Phi) is 4.65. The van der Waals surface area contributed by atoms with E-state index in [1.165, 1.54) is 0 Å². The molecule has 0 aliphatic heterocycles. The molecule has 0 N–H and O–H groups in total. The van der Waals surface area contributed by atoms with Crippen molar-refractivity contribution in [2.75, 3.05) is 0 Å². The first-order valence-electron chi connectivity index (χ1n) is 5.49. The van der Waals surface area contributed by atoms with E-state index in [2.05, 4.69) is 0 Å². The fourth-order valence-corrected chi connectivity index (χ4v) is 2.02. The number of benzene rings is 2. The molecule has 0 aliphatic carbocycles. The fraction of sp³-hybridized carbons (Fsp3) is 0. The lowest BCUT2D eigenvalue weighted by atomic mass is 10.0. The van der Waals surface area contributed by atoms with Crippen LogP contribution in [0.25, 0.3) is 11.6 Å². The zero-order chi connectivity index (χ0) is 13.8. The molecule has 96 valence electrons. The smallest absolute Gasteiger partial charge is 0.253 e. The van der Waals surface area contributed by atoms with E-state index >= 15 is 0 Å². The highest BCUT2D eigenvalue weighted by Crippen LogP contribution is 2.23. The Morgan fingerprint density at radius 3 is 1.79 bits per heavy atom. The molecule has 0 saturated carbocycles. The minimum absolute atomic E-state index is 0.417. The van der Waals surface area contributed by atoms with Gasteiger partial charge in [-0.2, -0.15) is 0 Å². The summed E-state index contributed by atoms with van der Waals surface area (Å²) in [7, 11) is 0. The quantitative estimate of drug-likeness (QED) is 0.427. The van der Waals surface area contributed by atoms with Gasteiger partial charge < -0.3 is 0 Å². The molecular weight excluding hydrogens is 303 g/mol. The molecule has 0 bridgehead atoms. The largest absolute Gasteiger partial charge is 0.276 e. The van der Waals surface area contributed by atoms with Crippen LogP contribution in [-0.2, 0) is 4.79 Å². The number of carbonyl (C=O) groups excluding carboxylic acids is 1. The van der Waals surface area contributed by atoms with Crippen LogP contribution >= 0.6 is 34.8 Å². The molecule has 4 heteroatoms. The molecule has 0 aliphatic rings. The van der Waals surface area contributed by atoms with Crippen molar-refractivity contribution >= 4 is 51.7 Å². The van der Waals surface area contributed by atoms with Crippen molar-refractivity contribution in [1.82, 2.24) is 0 Å². The summed E-state index contributed by atoms with van der Waals surface area (Å²) in [4.78, 5) is 11.5. The Bertz CT molecular complexity index is 613. The summed E-state index contributed by atoms with van der Waals surface area (Å²) < 4.78 is 0. The van der Waals surface area contributed by atoms with E-state index in [9.17, 15) is 4.79 Å². The first-order valence-corrected chi connectivity index (χ1v) is 6.63. The topological polar surface area (TPSA) is 17.1 Å². The highest BCUT2D eigenvalue weighted by atomic mass is 35.5. The lowest BCUT2D eigenvalue weighted by Crippen LogP contribution is -1.93. The Morgan fingerprint density at radius 2 is 1.32 bits per heavy atom.